The number of carboxylic acids is 1. The number of urea groups is 1. The normalized spacial score (nSPS) is 11.7. The fourth-order valence-electron chi connectivity index (χ4n) is 1.47. The zero-order valence-electron chi connectivity index (χ0n) is 10.9. The van der Waals surface area contributed by atoms with Crippen molar-refractivity contribution in [2.24, 2.45) is 0 Å². The second-order valence-corrected chi connectivity index (χ2v) is 4.80. The fraction of sp³-hybridized carbons (Fsp3) is 0.385. The summed E-state index contributed by atoms with van der Waals surface area (Å²) in [5.41, 5.74) is 1.53. The summed E-state index contributed by atoms with van der Waals surface area (Å²) >= 11 is 5.95. The minimum atomic E-state index is -0.876. The minimum absolute atomic E-state index is 0.0256. The van der Waals surface area contributed by atoms with E-state index in [1.165, 1.54) is 0 Å². The molecule has 0 aliphatic carbocycles. The topological polar surface area (TPSA) is 78.4 Å². The van der Waals surface area contributed by atoms with Crippen LogP contribution in [0, 0.1) is 6.92 Å². The fourth-order valence-corrected chi connectivity index (χ4v) is 1.65. The molecule has 0 aliphatic rings. The molecule has 0 spiro atoms. The van der Waals surface area contributed by atoms with Crippen molar-refractivity contribution < 1.29 is 14.7 Å². The molecule has 0 radical (unpaired) electrons. The molecule has 1 rings (SSSR count). The Morgan fingerprint density at radius 3 is 2.68 bits per heavy atom. The molecule has 1 unspecified atom stereocenters. The van der Waals surface area contributed by atoms with E-state index in [1.54, 1.807) is 19.1 Å². The first-order valence-corrected chi connectivity index (χ1v) is 6.31. The van der Waals surface area contributed by atoms with Crippen LogP contribution in [0.3, 0.4) is 0 Å². The third kappa shape index (κ3) is 5.61. The SMILES string of the molecule is Cc1ccc(NC(=O)NC(C)CCC(=O)O)cc1Cl. The molecule has 1 atom stereocenters. The number of carboxylic acid groups (broad SMARTS) is 1. The molecule has 0 heterocycles. The third-order valence-corrected chi connectivity index (χ3v) is 3.01. The quantitative estimate of drug-likeness (QED) is 0.777. The van der Waals surface area contributed by atoms with Crippen LogP contribution in [0.5, 0.6) is 0 Å². The van der Waals surface area contributed by atoms with Gasteiger partial charge in [-0.15, -0.1) is 0 Å². The summed E-state index contributed by atoms with van der Waals surface area (Å²) in [7, 11) is 0. The average molecular weight is 285 g/mol. The molecule has 104 valence electrons. The highest BCUT2D eigenvalue weighted by Gasteiger charge is 2.09. The number of hydrogen-bond donors (Lipinski definition) is 3. The Morgan fingerprint density at radius 2 is 2.11 bits per heavy atom. The number of carbonyl (C=O) groups excluding carboxylic acids is 1. The van der Waals surface area contributed by atoms with Crippen molar-refractivity contribution in [2.75, 3.05) is 5.32 Å². The number of anilines is 1. The van der Waals surface area contributed by atoms with E-state index in [4.69, 9.17) is 16.7 Å². The molecule has 0 fully saturated rings. The average Bonchev–Trinajstić information content (AvgIpc) is 2.31. The van der Waals surface area contributed by atoms with E-state index < -0.39 is 5.97 Å². The molecular weight excluding hydrogens is 268 g/mol. The van der Waals surface area contributed by atoms with E-state index in [9.17, 15) is 9.59 Å². The largest absolute Gasteiger partial charge is 0.481 e. The van der Waals surface area contributed by atoms with Crippen LogP contribution in [0.4, 0.5) is 10.5 Å². The lowest BCUT2D eigenvalue weighted by molar-refractivity contribution is -0.137. The van der Waals surface area contributed by atoms with Gasteiger partial charge in [0.15, 0.2) is 0 Å². The van der Waals surface area contributed by atoms with Crippen LogP contribution in [-0.2, 0) is 4.79 Å². The summed E-state index contributed by atoms with van der Waals surface area (Å²) in [5.74, 6) is -0.876. The maximum atomic E-state index is 11.7. The zero-order chi connectivity index (χ0) is 14.4. The second-order valence-electron chi connectivity index (χ2n) is 4.40. The third-order valence-electron chi connectivity index (χ3n) is 2.60. The predicted octanol–water partition coefficient (Wildman–Crippen LogP) is 3.02. The highest BCUT2D eigenvalue weighted by Crippen LogP contribution is 2.19. The van der Waals surface area contributed by atoms with E-state index in [0.717, 1.165) is 5.56 Å². The van der Waals surface area contributed by atoms with Gasteiger partial charge in [-0.2, -0.15) is 0 Å². The summed E-state index contributed by atoms with van der Waals surface area (Å²) < 4.78 is 0. The van der Waals surface area contributed by atoms with Crippen LogP contribution < -0.4 is 10.6 Å². The van der Waals surface area contributed by atoms with Crippen LogP contribution in [0.1, 0.15) is 25.3 Å². The van der Waals surface area contributed by atoms with E-state index >= 15 is 0 Å². The lowest BCUT2D eigenvalue weighted by Gasteiger charge is -2.14. The van der Waals surface area contributed by atoms with Crippen molar-refractivity contribution in [3.8, 4) is 0 Å². The molecule has 6 heteroatoms. The van der Waals surface area contributed by atoms with Gasteiger partial charge in [-0.1, -0.05) is 17.7 Å². The number of rotatable bonds is 5. The first-order valence-electron chi connectivity index (χ1n) is 5.94. The van der Waals surface area contributed by atoms with Gasteiger partial charge in [0.05, 0.1) is 0 Å². The lowest BCUT2D eigenvalue weighted by Crippen LogP contribution is -2.36. The number of aryl methyl sites for hydroxylation is 1. The number of nitrogens with one attached hydrogen (secondary N) is 2. The molecule has 1 aromatic rings. The van der Waals surface area contributed by atoms with Crippen LogP contribution in [0.15, 0.2) is 18.2 Å². The van der Waals surface area contributed by atoms with Crippen molar-refractivity contribution in [2.45, 2.75) is 32.7 Å². The summed E-state index contributed by atoms with van der Waals surface area (Å²) in [6.45, 7) is 3.63. The van der Waals surface area contributed by atoms with Crippen molar-refractivity contribution in [3.05, 3.63) is 28.8 Å². The number of hydrogen-bond acceptors (Lipinski definition) is 2. The summed E-state index contributed by atoms with van der Waals surface area (Å²) in [6, 6.07) is 4.64. The Bertz CT molecular complexity index is 477. The highest BCUT2D eigenvalue weighted by molar-refractivity contribution is 6.31. The molecule has 0 aliphatic heterocycles. The monoisotopic (exact) mass is 284 g/mol. The smallest absolute Gasteiger partial charge is 0.319 e. The molecule has 0 bridgehead atoms. The molecule has 0 saturated carbocycles. The maximum Gasteiger partial charge on any atom is 0.319 e. The number of carbonyl (C=O) groups is 2. The van der Waals surface area contributed by atoms with Crippen LogP contribution in [-0.4, -0.2) is 23.1 Å². The standard InChI is InChI=1S/C13H17ClN2O3/c1-8-3-5-10(7-11(8)14)16-13(19)15-9(2)4-6-12(17)18/h3,5,7,9H,4,6H2,1-2H3,(H,17,18)(H2,15,16,19). The van der Waals surface area contributed by atoms with Crippen LogP contribution in [0.2, 0.25) is 5.02 Å². The molecule has 0 saturated heterocycles. The summed E-state index contributed by atoms with van der Waals surface area (Å²) in [5, 5.41) is 14.4. The number of amides is 2. The van der Waals surface area contributed by atoms with Gasteiger partial charge in [0.1, 0.15) is 0 Å². The lowest BCUT2D eigenvalue weighted by atomic mass is 10.2. The first-order chi connectivity index (χ1) is 8.88. The summed E-state index contributed by atoms with van der Waals surface area (Å²) in [6.07, 6.45) is 0.412. The van der Waals surface area contributed by atoms with E-state index in [-0.39, 0.29) is 18.5 Å². The maximum absolute atomic E-state index is 11.7. The Hall–Kier alpha value is -1.75. The predicted molar refractivity (Wildman–Crippen MR) is 74.7 cm³/mol. The Morgan fingerprint density at radius 1 is 1.42 bits per heavy atom. The van der Waals surface area contributed by atoms with Gasteiger partial charge in [0.2, 0.25) is 0 Å². The Labute approximate surface area is 117 Å². The second kappa shape index (κ2) is 6.99. The van der Waals surface area contributed by atoms with Gasteiger partial charge < -0.3 is 15.7 Å². The first kappa shape index (κ1) is 15.3. The van der Waals surface area contributed by atoms with E-state index in [0.29, 0.717) is 17.1 Å². The molecule has 0 aromatic heterocycles. The van der Waals surface area contributed by atoms with Gasteiger partial charge in [0, 0.05) is 23.2 Å². The van der Waals surface area contributed by atoms with Crippen LogP contribution in [0.25, 0.3) is 0 Å². The molecular formula is C13H17ClN2O3. The van der Waals surface area contributed by atoms with Crippen molar-refractivity contribution in [1.29, 1.82) is 0 Å². The van der Waals surface area contributed by atoms with Gasteiger partial charge in [-0.05, 0) is 38.0 Å². The van der Waals surface area contributed by atoms with Crippen molar-refractivity contribution in [1.82, 2.24) is 5.32 Å². The molecule has 5 nitrogen and oxygen atoms in total. The minimum Gasteiger partial charge on any atom is -0.481 e. The van der Waals surface area contributed by atoms with E-state index in [2.05, 4.69) is 10.6 Å². The Kier molecular flexibility index (Phi) is 5.63. The van der Waals surface area contributed by atoms with Gasteiger partial charge in [-0.25, -0.2) is 4.79 Å². The molecule has 2 amide bonds. The number of aliphatic carboxylic acids is 1. The molecule has 3 N–H and O–H groups in total. The Balaban J connectivity index is 2.46. The van der Waals surface area contributed by atoms with Gasteiger partial charge >= 0.3 is 12.0 Å². The highest BCUT2D eigenvalue weighted by atomic mass is 35.5. The molecule has 19 heavy (non-hydrogen) atoms. The number of halogens is 1. The number of benzene rings is 1. The van der Waals surface area contributed by atoms with Gasteiger partial charge in [0.25, 0.3) is 0 Å². The molecule has 1 aromatic carbocycles. The van der Waals surface area contributed by atoms with E-state index in [1.807, 2.05) is 13.0 Å². The van der Waals surface area contributed by atoms with Crippen molar-refractivity contribution >= 4 is 29.3 Å². The van der Waals surface area contributed by atoms with Gasteiger partial charge in [-0.3, -0.25) is 4.79 Å². The van der Waals surface area contributed by atoms with Crippen molar-refractivity contribution in [3.63, 3.8) is 0 Å². The van der Waals surface area contributed by atoms with Crippen LogP contribution >= 0.6 is 11.6 Å². The summed E-state index contributed by atoms with van der Waals surface area (Å²) in [4.78, 5) is 22.1. The zero-order valence-corrected chi connectivity index (χ0v) is 11.6.